The van der Waals surface area contributed by atoms with E-state index in [0.717, 1.165) is 129 Å². The minimum Gasteiger partial charge on any atom is -0.513 e. The van der Waals surface area contributed by atoms with Crippen LogP contribution in [0.25, 0.3) is 33.7 Å². The van der Waals surface area contributed by atoms with E-state index in [4.69, 9.17) is 9.98 Å². The predicted molar refractivity (Wildman–Crippen MR) is 285 cm³/mol. The molecule has 0 radical (unpaired) electrons. The van der Waals surface area contributed by atoms with E-state index in [-0.39, 0.29) is 0 Å². The number of aliphatic imine (C=N–C) groups is 4. The first-order valence-electron chi connectivity index (χ1n) is 24.2. The number of aromatic amines is 2. The summed E-state index contributed by atoms with van der Waals surface area (Å²) in [5, 5.41) is 19.3. The Balaban J connectivity index is 1.18. The van der Waals surface area contributed by atoms with Crippen LogP contribution in [0, 0.1) is 10.8 Å². The Hall–Kier alpha value is -7.65. The molecule has 4 N–H and O–H groups in total. The van der Waals surface area contributed by atoms with Gasteiger partial charge in [-0.25, -0.2) is 14.6 Å². The molecule has 5 aromatic rings. The first kappa shape index (κ1) is 46.5. The number of nitrogens with one attached hydrogen (secondary N) is 2. The highest BCUT2D eigenvalue weighted by Gasteiger charge is 2.35. The van der Waals surface area contributed by atoms with Crippen LogP contribution in [0.5, 0.6) is 0 Å². The largest absolute Gasteiger partial charge is 0.513 e. The van der Waals surface area contributed by atoms with Crippen LogP contribution in [0.1, 0.15) is 100 Å². The summed E-state index contributed by atoms with van der Waals surface area (Å²) in [5.74, 6) is 0. The zero-order valence-corrected chi connectivity index (χ0v) is 41.2. The van der Waals surface area contributed by atoms with Gasteiger partial charge in [-0.3, -0.25) is 9.98 Å². The van der Waals surface area contributed by atoms with Crippen LogP contribution in [0.2, 0.25) is 0 Å². The molecular weight excluding hydrogens is 851 g/mol. The fourth-order valence-corrected chi connectivity index (χ4v) is 10.2. The van der Waals surface area contributed by atoms with Crippen molar-refractivity contribution in [2.24, 2.45) is 37.8 Å². The molecule has 0 unspecified atom stereocenters. The first-order chi connectivity index (χ1) is 33.3. The minimum absolute atomic E-state index is 0.488. The fraction of sp³-hybridized carbons (Fsp3) is 0.250. The third-order valence-electron chi connectivity index (χ3n) is 14.0. The second kappa shape index (κ2) is 18.8. The third kappa shape index (κ3) is 8.41. The van der Waals surface area contributed by atoms with Gasteiger partial charge in [-0.1, -0.05) is 88.4 Å². The summed E-state index contributed by atoms with van der Waals surface area (Å²) in [4.78, 5) is 28.1. The number of benzene rings is 2. The summed E-state index contributed by atoms with van der Waals surface area (Å²) in [5.41, 5.74) is 21.4. The van der Waals surface area contributed by atoms with Gasteiger partial charge in [0, 0.05) is 22.0 Å². The van der Waals surface area contributed by atoms with Crippen LogP contribution < -0.4 is 4.57 Å². The van der Waals surface area contributed by atoms with Crippen molar-refractivity contribution in [2.45, 2.75) is 81.1 Å². The summed E-state index contributed by atoms with van der Waals surface area (Å²) in [6, 6.07) is 23.5. The number of allylic oxidation sites excluding steroid dienone is 8. The first-order valence-corrected chi connectivity index (χ1v) is 24.2. The molecule has 9 heteroatoms. The van der Waals surface area contributed by atoms with E-state index in [1.807, 2.05) is 24.3 Å². The van der Waals surface area contributed by atoms with Gasteiger partial charge in [0.05, 0.1) is 79.5 Å². The van der Waals surface area contributed by atoms with E-state index < -0.39 is 10.8 Å². The van der Waals surface area contributed by atoms with Crippen molar-refractivity contribution in [3.8, 4) is 22.5 Å². The molecular formula is C60H62N7O2+. The predicted octanol–water partition coefficient (Wildman–Crippen LogP) is 13.2. The summed E-state index contributed by atoms with van der Waals surface area (Å²) in [6.07, 6.45) is 26.0. The quantitative estimate of drug-likeness (QED) is 0.0654. The normalized spacial score (nSPS) is 18.2. The van der Waals surface area contributed by atoms with E-state index in [0.29, 0.717) is 11.4 Å². The molecule has 7 heterocycles. The van der Waals surface area contributed by atoms with Crippen LogP contribution in [0.15, 0.2) is 183 Å². The Bertz CT molecular complexity index is 3040. The lowest BCUT2D eigenvalue weighted by atomic mass is 9.82. The Morgan fingerprint density at radius 3 is 1.22 bits per heavy atom. The highest BCUT2D eigenvalue weighted by molar-refractivity contribution is 6.23. The molecule has 348 valence electrons. The third-order valence-corrected chi connectivity index (χ3v) is 14.0. The Kier molecular flexibility index (Phi) is 12.7. The number of H-pyrrole nitrogens is 2. The number of aliphatic hydroxyl groups is 2. The average molecular weight is 913 g/mol. The minimum atomic E-state index is -0.488. The number of aliphatic hydroxyl groups excluding tert-OH is 2. The molecule has 9 rings (SSSR count). The highest BCUT2D eigenvalue weighted by Crippen LogP contribution is 2.43. The number of aromatic nitrogens is 3. The smallest absolute Gasteiger partial charge is 0.177 e. The van der Waals surface area contributed by atoms with Crippen molar-refractivity contribution in [2.75, 3.05) is 0 Å². The summed E-state index contributed by atoms with van der Waals surface area (Å²) in [7, 11) is 2.11. The molecule has 0 aliphatic carbocycles. The van der Waals surface area contributed by atoms with Gasteiger partial charge in [0.25, 0.3) is 0 Å². The summed E-state index contributed by atoms with van der Waals surface area (Å²) < 4.78 is 2.18. The molecule has 0 spiro atoms. The number of rotatable bonds is 14. The number of aryl methyl sites for hydroxylation is 1. The van der Waals surface area contributed by atoms with E-state index >= 15 is 0 Å². The van der Waals surface area contributed by atoms with Crippen LogP contribution in [-0.4, -0.2) is 43.0 Å². The second-order valence-electron chi connectivity index (χ2n) is 19.0. The molecule has 69 heavy (non-hydrogen) atoms. The SMILES string of the molecule is CCc1c(C(=C2C=CC(C(C)(C)C3=NC(=CO)C=C3)=N2)c2ccccc2)[nH]c(-c2cc(-c3[nH]c(C(=C4C=CC(C(C)(C)C5=NC(=CO)C=C5)=N4)c4ccccc4)c(CC)c3CC)c[n+](C)c2)c1CC. The Morgan fingerprint density at radius 2 is 0.870 bits per heavy atom. The lowest BCUT2D eigenvalue weighted by Crippen LogP contribution is -2.30. The van der Waals surface area contributed by atoms with Gasteiger partial charge in [-0.2, -0.15) is 0 Å². The van der Waals surface area contributed by atoms with Gasteiger partial charge in [0.2, 0.25) is 0 Å². The van der Waals surface area contributed by atoms with Crippen molar-refractivity contribution < 1.29 is 14.8 Å². The van der Waals surface area contributed by atoms with Gasteiger partial charge in [0.15, 0.2) is 12.4 Å². The zero-order chi connectivity index (χ0) is 48.6. The van der Waals surface area contributed by atoms with Crippen molar-refractivity contribution >= 4 is 34.0 Å². The van der Waals surface area contributed by atoms with Gasteiger partial charge < -0.3 is 20.2 Å². The summed E-state index contributed by atoms with van der Waals surface area (Å²) in [6.45, 7) is 17.5. The molecule has 0 bridgehead atoms. The molecule has 2 aromatic carbocycles. The maximum atomic E-state index is 9.66. The maximum absolute atomic E-state index is 9.66. The Morgan fingerprint density at radius 1 is 0.507 bits per heavy atom. The van der Waals surface area contributed by atoms with Crippen LogP contribution in [0.4, 0.5) is 0 Å². The number of hydrogen-bond acceptors (Lipinski definition) is 6. The maximum Gasteiger partial charge on any atom is 0.177 e. The van der Waals surface area contributed by atoms with Gasteiger partial charge in [-0.15, -0.1) is 0 Å². The second-order valence-corrected chi connectivity index (χ2v) is 19.0. The number of pyridine rings is 1. The van der Waals surface area contributed by atoms with Crippen molar-refractivity contribution in [1.82, 2.24) is 9.97 Å². The fourth-order valence-electron chi connectivity index (χ4n) is 10.2. The van der Waals surface area contributed by atoms with E-state index in [2.05, 4.69) is 190 Å². The van der Waals surface area contributed by atoms with E-state index in [1.165, 1.54) is 22.3 Å². The van der Waals surface area contributed by atoms with E-state index in [9.17, 15) is 10.2 Å². The molecule has 4 aliphatic rings. The lowest BCUT2D eigenvalue weighted by molar-refractivity contribution is -0.670. The molecule has 0 saturated carbocycles. The van der Waals surface area contributed by atoms with Crippen LogP contribution in [0.3, 0.4) is 0 Å². The number of hydrogen-bond donors (Lipinski definition) is 4. The van der Waals surface area contributed by atoms with Crippen molar-refractivity contribution in [3.63, 3.8) is 0 Å². The number of nitrogens with zero attached hydrogens (tertiary/aromatic N) is 5. The molecule has 0 fully saturated rings. The molecule has 9 nitrogen and oxygen atoms in total. The summed E-state index contributed by atoms with van der Waals surface area (Å²) >= 11 is 0. The van der Waals surface area contributed by atoms with Gasteiger partial charge in [-0.05, 0) is 141 Å². The molecule has 4 aliphatic heterocycles. The zero-order valence-electron chi connectivity index (χ0n) is 41.2. The van der Waals surface area contributed by atoms with E-state index in [1.54, 1.807) is 0 Å². The van der Waals surface area contributed by atoms with Crippen molar-refractivity contribution in [3.05, 3.63) is 208 Å². The lowest BCUT2D eigenvalue weighted by Gasteiger charge is -2.23. The molecule has 0 amide bonds. The van der Waals surface area contributed by atoms with Crippen molar-refractivity contribution in [1.29, 1.82) is 0 Å². The standard InChI is InChI=1S/C60H61N7O2/c1-10-43-45(12-3)57(53(37-20-16-14-17-21-37)47-26-30-51(63-47)59(5,6)49-28-24-41(35-68)61-49)65-55(43)39-32-40(34-67(9)33-39)56-44(11-2)46(13-4)58(66-56)54(38-22-18-15-19-23-38)48-27-31-52(64-48)60(7,8)50-29-25-42(36-69)62-50/h14-36H,10-13H2,1-9H3,(H3-,61,62,63,64,65,66,68,69)/p+1. The van der Waals surface area contributed by atoms with Crippen LogP contribution >= 0.6 is 0 Å². The monoisotopic (exact) mass is 912 g/mol. The molecule has 0 atom stereocenters. The van der Waals surface area contributed by atoms with Gasteiger partial charge in [0.1, 0.15) is 19.6 Å². The van der Waals surface area contributed by atoms with Crippen LogP contribution in [-0.2, 0) is 32.7 Å². The molecule has 3 aromatic heterocycles. The Labute approximate surface area is 406 Å². The van der Waals surface area contributed by atoms with Gasteiger partial charge >= 0.3 is 0 Å². The molecule has 0 saturated heterocycles. The average Bonchev–Trinajstić information content (AvgIpc) is 4.24. The highest BCUT2D eigenvalue weighted by atomic mass is 16.2. The topological polar surface area (TPSA) is 125 Å².